The van der Waals surface area contributed by atoms with Crippen molar-refractivity contribution < 1.29 is 14.3 Å². The zero-order valence-electron chi connectivity index (χ0n) is 16.9. The molecule has 28 heavy (non-hydrogen) atoms. The van der Waals surface area contributed by atoms with Crippen LogP contribution in [-0.2, 0) is 10.3 Å². The Morgan fingerprint density at radius 1 is 1.04 bits per heavy atom. The Hall–Kier alpha value is -2.24. The first kappa shape index (κ1) is 17.8. The van der Waals surface area contributed by atoms with Crippen LogP contribution in [0.3, 0.4) is 0 Å². The fourth-order valence-electron chi connectivity index (χ4n) is 7.10. The fraction of sp³-hybridized carbons (Fsp3) is 0.636. The molecule has 1 aromatic carbocycles. The largest absolute Gasteiger partial charge is 0.493 e. The summed E-state index contributed by atoms with van der Waals surface area (Å²) in [6.45, 7) is 0. The zero-order valence-corrected chi connectivity index (χ0v) is 16.9. The van der Waals surface area contributed by atoms with Crippen molar-refractivity contribution in [1.82, 2.24) is 4.90 Å². The molecule has 4 saturated carbocycles. The van der Waals surface area contributed by atoms with Gasteiger partial charge in [-0.1, -0.05) is 6.07 Å². The van der Waals surface area contributed by atoms with Gasteiger partial charge in [-0.3, -0.25) is 9.69 Å². The molecular weight excluding hydrogens is 354 g/mol. The Labute approximate surface area is 166 Å². The highest BCUT2D eigenvalue weighted by Gasteiger charge is 2.67. The summed E-state index contributed by atoms with van der Waals surface area (Å²) < 4.78 is 11.0. The molecule has 4 aliphatic carbocycles. The molecule has 0 saturated heterocycles. The summed E-state index contributed by atoms with van der Waals surface area (Å²) >= 11 is 0. The van der Waals surface area contributed by atoms with E-state index in [0.717, 1.165) is 24.8 Å². The number of methoxy groups -OCH3 is 2. The summed E-state index contributed by atoms with van der Waals surface area (Å²) in [6, 6.07) is 5.80. The summed E-state index contributed by atoms with van der Waals surface area (Å²) in [7, 11) is 4.99. The minimum atomic E-state index is -0.957. The zero-order chi connectivity index (χ0) is 19.7. The molecule has 6 heteroatoms. The fourth-order valence-corrected chi connectivity index (χ4v) is 7.10. The highest BCUT2D eigenvalue weighted by Crippen LogP contribution is 2.68. The van der Waals surface area contributed by atoms with Crippen molar-refractivity contribution in [2.24, 2.45) is 33.9 Å². The van der Waals surface area contributed by atoms with Crippen LogP contribution in [0.1, 0.15) is 44.1 Å². The van der Waals surface area contributed by atoms with Gasteiger partial charge < -0.3 is 15.2 Å². The number of rotatable bonds is 4. The third-order valence-corrected chi connectivity index (χ3v) is 7.85. The Kier molecular flexibility index (Phi) is 3.74. The average molecular weight is 383 g/mol. The van der Waals surface area contributed by atoms with Crippen LogP contribution >= 0.6 is 0 Å². The molecule has 0 radical (unpaired) electrons. The molecule has 2 N–H and O–H groups in total. The number of nitrogens with zero attached hydrogens (tertiary/aromatic N) is 2. The first-order valence-electron chi connectivity index (χ1n) is 10.3. The molecule has 150 valence electrons. The molecule has 0 unspecified atom stereocenters. The van der Waals surface area contributed by atoms with E-state index >= 15 is 0 Å². The van der Waals surface area contributed by atoms with Gasteiger partial charge in [0.2, 0.25) is 0 Å². The summed E-state index contributed by atoms with van der Waals surface area (Å²) in [6.07, 6.45) is 7.11. The minimum absolute atomic E-state index is 0.000769. The standard InChI is InChI=1S/C22H29N3O3/c1-25-19(26)22(24-20(25)23,16-4-5-17(27-2)18(9-16)28-3)21-10-13-6-14(11-21)8-15(7-13)12-21/h4-5,9,13-15H,6-8,10-12H2,1-3H3,(H2,23,24)/t13?,14?,15?,21?,22-/m1/s1. The maximum absolute atomic E-state index is 13.8. The van der Waals surface area contributed by atoms with Crippen LogP contribution < -0.4 is 15.2 Å². The number of carbonyl (C=O) groups is 1. The van der Waals surface area contributed by atoms with Gasteiger partial charge in [0.15, 0.2) is 23.0 Å². The molecule has 1 amide bonds. The molecule has 6 nitrogen and oxygen atoms in total. The molecule has 4 fully saturated rings. The monoisotopic (exact) mass is 383 g/mol. The van der Waals surface area contributed by atoms with E-state index in [2.05, 4.69) is 0 Å². The maximum Gasteiger partial charge on any atom is 0.262 e. The quantitative estimate of drug-likeness (QED) is 0.867. The van der Waals surface area contributed by atoms with Gasteiger partial charge >= 0.3 is 0 Å². The van der Waals surface area contributed by atoms with Gasteiger partial charge in [0.25, 0.3) is 5.91 Å². The number of hydrogen-bond donors (Lipinski definition) is 1. The highest BCUT2D eigenvalue weighted by molar-refractivity contribution is 6.07. The lowest BCUT2D eigenvalue weighted by atomic mass is 9.43. The number of benzene rings is 1. The molecule has 0 spiro atoms. The number of ether oxygens (including phenoxy) is 2. The number of nitrogens with two attached hydrogens (primary N) is 1. The molecule has 1 aromatic rings. The van der Waals surface area contributed by atoms with Crippen LogP contribution in [0, 0.1) is 23.2 Å². The summed E-state index contributed by atoms with van der Waals surface area (Å²) in [5.74, 6) is 3.72. The molecular formula is C22H29N3O3. The van der Waals surface area contributed by atoms with Crippen LogP contribution in [0.5, 0.6) is 11.5 Å². The number of hydrogen-bond acceptors (Lipinski definition) is 5. The second-order valence-electron chi connectivity index (χ2n) is 9.31. The highest BCUT2D eigenvalue weighted by atomic mass is 16.5. The van der Waals surface area contributed by atoms with Gasteiger partial charge in [0.05, 0.1) is 14.2 Å². The SMILES string of the molecule is COc1ccc([C@@]2(C34CC5CC(CC(C5)C3)C4)N=C(N)N(C)C2=O)cc1OC. The Bertz CT molecular complexity index is 829. The normalized spacial score (nSPS) is 38.7. The lowest BCUT2D eigenvalue weighted by molar-refractivity contribution is -0.149. The van der Waals surface area contributed by atoms with Crippen LogP contribution in [-0.4, -0.2) is 38.0 Å². The first-order valence-corrected chi connectivity index (χ1v) is 10.3. The van der Waals surface area contributed by atoms with Crippen LogP contribution in [0.2, 0.25) is 0 Å². The number of carbonyl (C=O) groups excluding carboxylic acids is 1. The van der Waals surface area contributed by atoms with E-state index in [-0.39, 0.29) is 11.3 Å². The number of guanidine groups is 1. The molecule has 1 aliphatic heterocycles. The Balaban J connectivity index is 1.72. The van der Waals surface area contributed by atoms with E-state index in [0.29, 0.717) is 35.2 Å². The van der Waals surface area contributed by atoms with Gasteiger partial charge in [0, 0.05) is 12.5 Å². The van der Waals surface area contributed by atoms with E-state index in [4.69, 9.17) is 20.2 Å². The summed E-state index contributed by atoms with van der Waals surface area (Å²) in [4.78, 5) is 20.3. The van der Waals surface area contributed by atoms with Gasteiger partial charge in [-0.2, -0.15) is 0 Å². The summed E-state index contributed by atoms with van der Waals surface area (Å²) in [5.41, 5.74) is 5.99. The average Bonchev–Trinajstić information content (AvgIpc) is 2.91. The van der Waals surface area contributed by atoms with Gasteiger partial charge in [-0.15, -0.1) is 0 Å². The van der Waals surface area contributed by atoms with Crippen molar-refractivity contribution in [2.75, 3.05) is 21.3 Å². The van der Waals surface area contributed by atoms with Gasteiger partial charge in [-0.05, 0) is 74.0 Å². The van der Waals surface area contributed by atoms with E-state index in [1.165, 1.54) is 24.2 Å². The Morgan fingerprint density at radius 2 is 1.61 bits per heavy atom. The molecule has 0 aromatic heterocycles. The van der Waals surface area contributed by atoms with Gasteiger partial charge in [-0.25, -0.2) is 4.99 Å². The third kappa shape index (κ3) is 2.14. The Morgan fingerprint density at radius 3 is 2.07 bits per heavy atom. The van der Waals surface area contributed by atoms with E-state index < -0.39 is 5.54 Å². The number of aliphatic imine (C=N–C) groups is 1. The van der Waals surface area contributed by atoms with E-state index in [1.807, 2.05) is 18.2 Å². The minimum Gasteiger partial charge on any atom is -0.493 e. The van der Waals surface area contributed by atoms with Crippen molar-refractivity contribution in [2.45, 2.75) is 44.1 Å². The van der Waals surface area contributed by atoms with Gasteiger partial charge in [0.1, 0.15) is 0 Å². The lowest BCUT2D eigenvalue weighted by Crippen LogP contribution is -2.59. The number of amides is 1. The predicted molar refractivity (Wildman–Crippen MR) is 106 cm³/mol. The molecule has 1 heterocycles. The van der Waals surface area contributed by atoms with Crippen molar-refractivity contribution in [3.8, 4) is 11.5 Å². The van der Waals surface area contributed by atoms with Crippen LogP contribution in [0.25, 0.3) is 0 Å². The third-order valence-electron chi connectivity index (χ3n) is 7.85. The summed E-state index contributed by atoms with van der Waals surface area (Å²) in [5, 5.41) is 0. The molecule has 1 atom stereocenters. The molecule has 6 rings (SSSR count). The first-order chi connectivity index (χ1) is 13.4. The number of likely N-dealkylation sites (N-methyl/N-ethyl adjacent to an activating group) is 1. The van der Waals surface area contributed by atoms with Crippen LogP contribution in [0.4, 0.5) is 0 Å². The predicted octanol–water partition coefficient (Wildman–Crippen LogP) is 2.90. The van der Waals surface area contributed by atoms with Crippen molar-refractivity contribution in [1.29, 1.82) is 0 Å². The van der Waals surface area contributed by atoms with Crippen molar-refractivity contribution in [3.05, 3.63) is 23.8 Å². The molecule has 5 aliphatic rings. The van der Waals surface area contributed by atoms with E-state index in [9.17, 15) is 4.79 Å². The second kappa shape index (κ2) is 5.88. The topological polar surface area (TPSA) is 77.2 Å². The van der Waals surface area contributed by atoms with Crippen molar-refractivity contribution in [3.63, 3.8) is 0 Å². The maximum atomic E-state index is 13.8. The smallest absolute Gasteiger partial charge is 0.262 e. The second-order valence-corrected chi connectivity index (χ2v) is 9.31. The lowest BCUT2D eigenvalue weighted by Gasteiger charge is -2.61. The van der Waals surface area contributed by atoms with E-state index in [1.54, 1.807) is 21.3 Å². The van der Waals surface area contributed by atoms with Crippen molar-refractivity contribution >= 4 is 11.9 Å². The molecule has 4 bridgehead atoms. The van der Waals surface area contributed by atoms with Crippen LogP contribution in [0.15, 0.2) is 23.2 Å².